The number of esters is 2. The summed E-state index contributed by atoms with van der Waals surface area (Å²) in [6, 6.07) is 8.89. The molecule has 0 spiro atoms. The van der Waals surface area contributed by atoms with Gasteiger partial charge in [-0.05, 0) is 53.4 Å². The van der Waals surface area contributed by atoms with Gasteiger partial charge in [-0.3, -0.25) is 4.79 Å². The molecule has 0 N–H and O–H groups in total. The van der Waals surface area contributed by atoms with Gasteiger partial charge in [-0.15, -0.1) is 0 Å². The summed E-state index contributed by atoms with van der Waals surface area (Å²) in [5, 5.41) is 0. The molecular formula is C25H34O4. The summed E-state index contributed by atoms with van der Waals surface area (Å²) in [5.41, 5.74) is 4.47. The van der Waals surface area contributed by atoms with Crippen LogP contribution in [0.5, 0.6) is 0 Å². The Balaban J connectivity index is 2.51. The number of hydrogen-bond donors (Lipinski definition) is 0. The van der Waals surface area contributed by atoms with Crippen molar-refractivity contribution in [2.45, 2.75) is 65.9 Å². The molecule has 0 fully saturated rings. The van der Waals surface area contributed by atoms with E-state index in [4.69, 9.17) is 9.47 Å². The number of hydrogen-bond acceptors (Lipinski definition) is 4. The minimum Gasteiger partial charge on any atom is -0.466 e. The van der Waals surface area contributed by atoms with Crippen LogP contribution in [-0.2, 0) is 19.1 Å². The van der Waals surface area contributed by atoms with Crippen molar-refractivity contribution in [3.05, 3.63) is 70.8 Å². The van der Waals surface area contributed by atoms with Gasteiger partial charge in [0.1, 0.15) is 0 Å². The van der Waals surface area contributed by atoms with Gasteiger partial charge < -0.3 is 9.47 Å². The van der Waals surface area contributed by atoms with E-state index in [9.17, 15) is 9.59 Å². The van der Waals surface area contributed by atoms with E-state index in [1.807, 2.05) is 19.1 Å². The summed E-state index contributed by atoms with van der Waals surface area (Å²) in [7, 11) is 1.28. The van der Waals surface area contributed by atoms with Gasteiger partial charge in [0.2, 0.25) is 6.10 Å². The number of benzene rings is 1. The average Bonchev–Trinajstić information content (AvgIpc) is 2.70. The van der Waals surface area contributed by atoms with Crippen molar-refractivity contribution in [3.63, 3.8) is 0 Å². The Morgan fingerprint density at radius 1 is 0.897 bits per heavy atom. The maximum Gasteiger partial charge on any atom is 0.351 e. The van der Waals surface area contributed by atoms with E-state index in [0.717, 1.165) is 31.3 Å². The maximum absolute atomic E-state index is 12.2. The maximum atomic E-state index is 12.2. The fourth-order valence-corrected chi connectivity index (χ4v) is 2.76. The molecule has 4 heteroatoms. The number of allylic oxidation sites excluding steroid dienone is 5. The molecule has 158 valence electrons. The largest absolute Gasteiger partial charge is 0.466 e. The molecule has 4 nitrogen and oxygen atoms in total. The number of carbonyl (C=O) groups is 2. The number of methoxy groups -OCH3 is 1. The summed E-state index contributed by atoms with van der Waals surface area (Å²) in [6.07, 6.45) is 9.49. The molecule has 0 heterocycles. The van der Waals surface area contributed by atoms with Crippen molar-refractivity contribution < 1.29 is 19.1 Å². The average molecular weight is 399 g/mol. The zero-order valence-electron chi connectivity index (χ0n) is 18.4. The molecular weight excluding hydrogens is 364 g/mol. The Morgan fingerprint density at radius 2 is 1.48 bits per heavy atom. The van der Waals surface area contributed by atoms with E-state index in [1.54, 1.807) is 24.3 Å². The molecule has 1 atom stereocenters. The van der Waals surface area contributed by atoms with E-state index >= 15 is 0 Å². The van der Waals surface area contributed by atoms with Crippen LogP contribution in [0.4, 0.5) is 0 Å². The predicted molar refractivity (Wildman–Crippen MR) is 117 cm³/mol. The fourth-order valence-electron chi connectivity index (χ4n) is 2.76. The Bertz CT molecular complexity index is 737. The first-order valence-electron chi connectivity index (χ1n) is 10.1. The van der Waals surface area contributed by atoms with Crippen LogP contribution in [0.25, 0.3) is 0 Å². The number of ether oxygens (including phenoxy) is 2. The lowest BCUT2D eigenvalue weighted by molar-refractivity contribution is -0.166. The van der Waals surface area contributed by atoms with E-state index in [0.29, 0.717) is 5.56 Å². The van der Waals surface area contributed by atoms with Gasteiger partial charge >= 0.3 is 11.9 Å². The van der Waals surface area contributed by atoms with Gasteiger partial charge in [0, 0.05) is 5.56 Å². The Kier molecular flexibility index (Phi) is 11.4. The molecule has 0 amide bonds. The van der Waals surface area contributed by atoms with Crippen LogP contribution in [0, 0.1) is 0 Å². The molecule has 0 saturated carbocycles. The lowest BCUT2D eigenvalue weighted by Crippen LogP contribution is -2.20. The highest BCUT2D eigenvalue weighted by Crippen LogP contribution is 2.20. The van der Waals surface area contributed by atoms with Gasteiger partial charge in [0.25, 0.3) is 0 Å². The first-order chi connectivity index (χ1) is 13.8. The SMILES string of the molecule is COC(=O)[C@@H](OC(=O)CC=C(C)CCC=C(C)CCC=C(C)C)c1ccccc1. The van der Waals surface area contributed by atoms with Crippen LogP contribution >= 0.6 is 0 Å². The Morgan fingerprint density at radius 3 is 2.07 bits per heavy atom. The highest BCUT2D eigenvalue weighted by molar-refractivity contribution is 5.81. The molecule has 0 aliphatic rings. The van der Waals surface area contributed by atoms with Crippen LogP contribution in [0.15, 0.2) is 65.3 Å². The van der Waals surface area contributed by atoms with Gasteiger partial charge in [-0.25, -0.2) is 4.79 Å². The van der Waals surface area contributed by atoms with Crippen molar-refractivity contribution in [2.75, 3.05) is 7.11 Å². The first kappa shape index (κ1) is 24.4. The number of carbonyl (C=O) groups excluding carboxylic acids is 2. The third kappa shape index (κ3) is 10.5. The lowest BCUT2D eigenvalue weighted by atomic mass is 10.1. The van der Waals surface area contributed by atoms with Crippen LogP contribution in [0.3, 0.4) is 0 Å². The zero-order chi connectivity index (χ0) is 21.6. The molecule has 0 radical (unpaired) electrons. The summed E-state index contributed by atoms with van der Waals surface area (Å²) in [5.74, 6) is -1.03. The van der Waals surface area contributed by atoms with Gasteiger partial charge in [0.05, 0.1) is 13.5 Å². The first-order valence-corrected chi connectivity index (χ1v) is 10.1. The monoisotopic (exact) mass is 398 g/mol. The van der Waals surface area contributed by atoms with E-state index in [1.165, 1.54) is 18.3 Å². The van der Waals surface area contributed by atoms with Crippen molar-refractivity contribution >= 4 is 11.9 Å². The van der Waals surface area contributed by atoms with Crippen LogP contribution in [-0.4, -0.2) is 19.0 Å². The van der Waals surface area contributed by atoms with Crippen molar-refractivity contribution in [3.8, 4) is 0 Å². The fraction of sp³-hybridized carbons (Fsp3) is 0.440. The number of rotatable bonds is 11. The predicted octanol–water partition coefficient (Wildman–Crippen LogP) is 6.25. The van der Waals surface area contributed by atoms with Crippen molar-refractivity contribution in [1.82, 2.24) is 0 Å². The Hall–Kier alpha value is -2.62. The third-order valence-electron chi connectivity index (χ3n) is 4.51. The van der Waals surface area contributed by atoms with Gasteiger partial charge in [0.15, 0.2) is 0 Å². The summed E-state index contributed by atoms with van der Waals surface area (Å²) in [4.78, 5) is 24.2. The minimum absolute atomic E-state index is 0.134. The van der Waals surface area contributed by atoms with E-state index in [-0.39, 0.29) is 6.42 Å². The topological polar surface area (TPSA) is 52.6 Å². The quantitative estimate of drug-likeness (QED) is 0.326. The van der Waals surface area contributed by atoms with E-state index in [2.05, 4.69) is 32.9 Å². The zero-order valence-corrected chi connectivity index (χ0v) is 18.4. The molecule has 0 unspecified atom stereocenters. The Labute approximate surface area is 175 Å². The second-order valence-corrected chi connectivity index (χ2v) is 7.47. The highest BCUT2D eigenvalue weighted by atomic mass is 16.6. The second-order valence-electron chi connectivity index (χ2n) is 7.47. The van der Waals surface area contributed by atoms with Crippen LogP contribution in [0.1, 0.15) is 71.5 Å². The molecule has 0 saturated heterocycles. The van der Waals surface area contributed by atoms with Crippen molar-refractivity contribution in [1.29, 1.82) is 0 Å². The third-order valence-corrected chi connectivity index (χ3v) is 4.51. The summed E-state index contributed by atoms with van der Waals surface area (Å²) >= 11 is 0. The lowest BCUT2D eigenvalue weighted by Gasteiger charge is -2.15. The van der Waals surface area contributed by atoms with Gasteiger partial charge in [-0.2, -0.15) is 0 Å². The minimum atomic E-state index is -1.03. The molecule has 1 aromatic carbocycles. The standard InChI is InChI=1S/C25H34O4/c1-19(2)11-9-12-20(3)13-10-14-21(4)17-18-23(26)29-24(25(27)28-5)22-15-7-6-8-16-22/h6-8,11,13,15-17,24H,9-10,12,14,18H2,1-5H3/t24-/m0/s1. The molecule has 0 aromatic heterocycles. The molecule has 29 heavy (non-hydrogen) atoms. The molecule has 1 rings (SSSR count). The van der Waals surface area contributed by atoms with Crippen molar-refractivity contribution in [2.24, 2.45) is 0 Å². The molecule has 0 aliphatic heterocycles. The van der Waals surface area contributed by atoms with E-state index < -0.39 is 18.0 Å². The normalized spacial score (nSPS) is 12.9. The molecule has 0 aliphatic carbocycles. The molecule has 1 aromatic rings. The molecule has 0 bridgehead atoms. The highest BCUT2D eigenvalue weighted by Gasteiger charge is 2.25. The van der Waals surface area contributed by atoms with Gasteiger partial charge in [-0.1, -0.05) is 65.3 Å². The summed E-state index contributed by atoms with van der Waals surface area (Å²) in [6.45, 7) is 8.40. The van der Waals surface area contributed by atoms with Crippen LogP contribution < -0.4 is 0 Å². The van der Waals surface area contributed by atoms with Crippen LogP contribution in [0.2, 0.25) is 0 Å². The second kappa shape index (κ2) is 13.5. The smallest absolute Gasteiger partial charge is 0.351 e. The summed E-state index contributed by atoms with van der Waals surface area (Å²) < 4.78 is 10.1.